The summed E-state index contributed by atoms with van der Waals surface area (Å²) in [7, 11) is -3.59. The normalized spacial score (nSPS) is 12.3. The average Bonchev–Trinajstić information content (AvgIpc) is 2.66. The van der Waals surface area contributed by atoms with E-state index in [0.29, 0.717) is 17.1 Å². The molecular formula is C20H26N4O5S. The summed E-state index contributed by atoms with van der Waals surface area (Å²) in [6, 6.07) is 11.9. The molecule has 2 aromatic rings. The predicted octanol–water partition coefficient (Wildman–Crippen LogP) is 1.68. The number of anilines is 2. The van der Waals surface area contributed by atoms with E-state index in [1.807, 2.05) is 0 Å². The fourth-order valence-electron chi connectivity index (χ4n) is 2.46. The van der Waals surface area contributed by atoms with Crippen LogP contribution in [0.3, 0.4) is 0 Å². The van der Waals surface area contributed by atoms with E-state index in [-0.39, 0.29) is 23.5 Å². The molecule has 30 heavy (non-hydrogen) atoms. The molecule has 0 saturated heterocycles. The number of hydrogen-bond donors (Lipinski definition) is 4. The van der Waals surface area contributed by atoms with Crippen molar-refractivity contribution >= 4 is 33.2 Å². The number of carbonyl (C=O) groups is 2. The molecule has 162 valence electrons. The molecule has 0 aliphatic rings. The number of hydrogen-bond acceptors (Lipinski definition) is 6. The summed E-state index contributed by atoms with van der Waals surface area (Å²) in [5.74, 6) is -0.372. The predicted molar refractivity (Wildman–Crippen MR) is 115 cm³/mol. The molecule has 0 heterocycles. The average molecular weight is 435 g/mol. The Bertz CT molecular complexity index is 973. The Morgan fingerprint density at radius 2 is 1.53 bits per heavy atom. The lowest BCUT2D eigenvalue weighted by Gasteiger charge is -2.16. The number of sulfonamides is 1. The zero-order valence-corrected chi connectivity index (χ0v) is 17.8. The van der Waals surface area contributed by atoms with Crippen LogP contribution in [0.4, 0.5) is 11.4 Å². The summed E-state index contributed by atoms with van der Waals surface area (Å²) < 4.78 is 32.0. The van der Waals surface area contributed by atoms with Crippen LogP contribution in [0.1, 0.15) is 20.8 Å². The first-order valence-corrected chi connectivity index (χ1v) is 10.8. The Balaban J connectivity index is 1.93. The van der Waals surface area contributed by atoms with Gasteiger partial charge < -0.3 is 21.1 Å². The van der Waals surface area contributed by atoms with Crippen LogP contribution in [-0.2, 0) is 19.6 Å². The zero-order valence-electron chi connectivity index (χ0n) is 17.0. The lowest BCUT2D eigenvalue weighted by atomic mass is 10.2. The summed E-state index contributed by atoms with van der Waals surface area (Å²) >= 11 is 0. The van der Waals surface area contributed by atoms with Crippen LogP contribution in [0.5, 0.6) is 5.75 Å². The van der Waals surface area contributed by atoms with Crippen molar-refractivity contribution in [3.63, 3.8) is 0 Å². The van der Waals surface area contributed by atoms with Gasteiger partial charge in [-0.2, -0.15) is 0 Å². The molecule has 2 rings (SSSR count). The van der Waals surface area contributed by atoms with E-state index in [2.05, 4.69) is 15.4 Å². The molecule has 0 aromatic heterocycles. The highest BCUT2D eigenvalue weighted by Gasteiger charge is 2.16. The maximum atomic E-state index is 12.4. The quantitative estimate of drug-likeness (QED) is 0.449. The van der Waals surface area contributed by atoms with Crippen LogP contribution in [0.2, 0.25) is 0 Å². The number of amides is 2. The van der Waals surface area contributed by atoms with Gasteiger partial charge in [-0.15, -0.1) is 0 Å². The summed E-state index contributed by atoms with van der Waals surface area (Å²) in [6.07, 6.45) is 0. The van der Waals surface area contributed by atoms with Crippen LogP contribution in [0.25, 0.3) is 0 Å². The number of nitrogens with one attached hydrogen (secondary N) is 3. The lowest BCUT2D eigenvalue weighted by Crippen LogP contribution is -2.32. The molecular weight excluding hydrogens is 408 g/mol. The second-order valence-corrected chi connectivity index (χ2v) is 8.65. The number of carbonyl (C=O) groups excluding carboxylic acids is 2. The minimum atomic E-state index is -3.59. The first-order valence-electron chi connectivity index (χ1n) is 9.28. The van der Waals surface area contributed by atoms with E-state index in [0.717, 1.165) is 0 Å². The van der Waals surface area contributed by atoms with Gasteiger partial charge >= 0.3 is 0 Å². The number of primary amides is 1. The molecule has 0 aliphatic carbocycles. The summed E-state index contributed by atoms with van der Waals surface area (Å²) in [5, 5.41) is 5.78. The van der Waals surface area contributed by atoms with Crippen molar-refractivity contribution in [1.82, 2.24) is 4.72 Å². The Morgan fingerprint density at radius 1 is 0.967 bits per heavy atom. The molecule has 9 nitrogen and oxygen atoms in total. The van der Waals surface area contributed by atoms with Crippen molar-refractivity contribution in [3.05, 3.63) is 48.5 Å². The number of ether oxygens (including phenoxy) is 1. The van der Waals surface area contributed by atoms with Crippen molar-refractivity contribution in [2.75, 3.05) is 17.2 Å². The lowest BCUT2D eigenvalue weighted by molar-refractivity contribution is -0.120. The van der Waals surface area contributed by atoms with Crippen LogP contribution in [0, 0.1) is 0 Å². The fourth-order valence-corrected chi connectivity index (χ4v) is 3.71. The van der Waals surface area contributed by atoms with Gasteiger partial charge in [0.25, 0.3) is 5.91 Å². The standard InChI is InChI=1S/C20H26N4O5S/c1-13(2)24-30(27,28)18-10-6-16(7-11-18)23-20(26)14(3)22-15-4-8-17(9-5-15)29-12-19(21)25/h4-11,13-14,22,24H,12H2,1-3H3,(H2,21,25)(H,23,26). The van der Waals surface area contributed by atoms with Crippen LogP contribution in [0.15, 0.2) is 53.4 Å². The van der Waals surface area contributed by atoms with Crippen LogP contribution >= 0.6 is 0 Å². The first kappa shape index (κ1) is 23.2. The Hall–Kier alpha value is -3.11. The van der Waals surface area contributed by atoms with E-state index in [1.54, 1.807) is 45.0 Å². The summed E-state index contributed by atoms with van der Waals surface area (Å²) in [5.41, 5.74) is 6.19. The molecule has 1 atom stereocenters. The smallest absolute Gasteiger partial charge is 0.255 e. The topological polar surface area (TPSA) is 140 Å². The highest BCUT2D eigenvalue weighted by Crippen LogP contribution is 2.18. The molecule has 1 unspecified atom stereocenters. The maximum Gasteiger partial charge on any atom is 0.255 e. The minimum Gasteiger partial charge on any atom is -0.484 e. The van der Waals surface area contributed by atoms with Gasteiger partial charge in [0.15, 0.2) is 6.61 Å². The molecule has 0 aliphatic heterocycles. The van der Waals surface area contributed by atoms with Crippen molar-refractivity contribution in [3.8, 4) is 5.75 Å². The molecule has 5 N–H and O–H groups in total. The van der Waals surface area contributed by atoms with Crippen molar-refractivity contribution < 1.29 is 22.7 Å². The Labute approximate surface area is 176 Å². The molecule has 0 radical (unpaired) electrons. The monoisotopic (exact) mass is 434 g/mol. The summed E-state index contributed by atoms with van der Waals surface area (Å²) in [4.78, 5) is 23.3. The summed E-state index contributed by atoms with van der Waals surface area (Å²) in [6.45, 7) is 4.96. The van der Waals surface area contributed by atoms with Crippen molar-refractivity contribution in [2.24, 2.45) is 5.73 Å². The highest BCUT2D eigenvalue weighted by molar-refractivity contribution is 7.89. The van der Waals surface area contributed by atoms with Gasteiger partial charge in [0.1, 0.15) is 11.8 Å². The van der Waals surface area contributed by atoms with Gasteiger partial charge in [-0.25, -0.2) is 13.1 Å². The minimum absolute atomic E-state index is 0.124. The third kappa shape index (κ3) is 7.05. The zero-order chi connectivity index (χ0) is 22.3. The van der Waals surface area contributed by atoms with Gasteiger partial charge in [-0.1, -0.05) is 0 Å². The molecule has 0 fully saturated rings. The molecule has 0 saturated carbocycles. The second kappa shape index (κ2) is 10.1. The molecule has 2 aromatic carbocycles. The first-order chi connectivity index (χ1) is 14.1. The van der Waals surface area contributed by atoms with Gasteiger partial charge in [-0.05, 0) is 69.3 Å². The SMILES string of the molecule is CC(C)NS(=O)(=O)c1ccc(NC(=O)C(C)Nc2ccc(OCC(N)=O)cc2)cc1. The molecule has 0 bridgehead atoms. The van der Waals surface area contributed by atoms with Crippen LogP contribution in [-0.4, -0.2) is 38.9 Å². The maximum absolute atomic E-state index is 12.4. The molecule has 10 heteroatoms. The van der Waals surface area contributed by atoms with Gasteiger partial charge in [0.05, 0.1) is 4.90 Å². The molecule has 2 amide bonds. The van der Waals surface area contributed by atoms with Gasteiger partial charge in [-0.3, -0.25) is 9.59 Å². The van der Waals surface area contributed by atoms with E-state index >= 15 is 0 Å². The third-order valence-electron chi connectivity index (χ3n) is 3.83. The van der Waals surface area contributed by atoms with Crippen molar-refractivity contribution in [2.45, 2.75) is 37.8 Å². The Morgan fingerprint density at radius 3 is 2.07 bits per heavy atom. The van der Waals surface area contributed by atoms with E-state index in [4.69, 9.17) is 10.5 Å². The number of benzene rings is 2. The van der Waals surface area contributed by atoms with Gasteiger partial charge in [0, 0.05) is 17.4 Å². The van der Waals surface area contributed by atoms with Gasteiger partial charge in [0.2, 0.25) is 15.9 Å². The highest BCUT2D eigenvalue weighted by atomic mass is 32.2. The van der Waals surface area contributed by atoms with E-state index in [1.165, 1.54) is 24.3 Å². The van der Waals surface area contributed by atoms with Crippen LogP contribution < -0.4 is 25.8 Å². The number of nitrogens with two attached hydrogens (primary N) is 1. The molecule has 0 spiro atoms. The fraction of sp³-hybridized carbons (Fsp3) is 0.300. The van der Waals surface area contributed by atoms with Crippen molar-refractivity contribution in [1.29, 1.82) is 0 Å². The van der Waals surface area contributed by atoms with E-state index < -0.39 is 22.0 Å². The largest absolute Gasteiger partial charge is 0.484 e. The third-order valence-corrected chi connectivity index (χ3v) is 5.51. The Kier molecular flexibility index (Phi) is 7.79. The second-order valence-electron chi connectivity index (χ2n) is 6.94. The van der Waals surface area contributed by atoms with E-state index in [9.17, 15) is 18.0 Å². The number of rotatable bonds is 10.